The third-order valence-corrected chi connectivity index (χ3v) is 4.05. The van der Waals surface area contributed by atoms with Crippen LogP contribution < -0.4 is 10.1 Å². The topological polar surface area (TPSA) is 21.3 Å². The number of hydrogen-bond donors (Lipinski definition) is 1. The van der Waals surface area contributed by atoms with E-state index < -0.39 is 0 Å². The minimum absolute atomic E-state index is 0.778. The molecule has 0 aliphatic carbocycles. The molecule has 0 aromatic heterocycles. The first-order valence-electron chi connectivity index (χ1n) is 7.54. The number of hydrogen-bond acceptors (Lipinski definition) is 2. The normalized spacial score (nSPS) is 13.0. The molecule has 0 atom stereocenters. The van der Waals surface area contributed by atoms with E-state index in [1.807, 2.05) is 12.1 Å². The van der Waals surface area contributed by atoms with Gasteiger partial charge in [0.15, 0.2) is 0 Å². The fourth-order valence-electron chi connectivity index (χ4n) is 2.80. The second-order valence-electron chi connectivity index (χ2n) is 5.37. The number of rotatable bonds is 5. The first-order valence-corrected chi connectivity index (χ1v) is 7.91. The van der Waals surface area contributed by atoms with Gasteiger partial charge in [-0.15, -0.1) is 0 Å². The second-order valence-corrected chi connectivity index (χ2v) is 5.81. The first-order chi connectivity index (χ1) is 10.3. The van der Waals surface area contributed by atoms with Gasteiger partial charge in [-0.05, 0) is 41.8 Å². The second kappa shape index (κ2) is 6.50. The monoisotopic (exact) mass is 301 g/mol. The summed E-state index contributed by atoms with van der Waals surface area (Å²) in [6.45, 7) is 4.79. The van der Waals surface area contributed by atoms with E-state index in [1.54, 1.807) is 0 Å². The van der Waals surface area contributed by atoms with Crippen molar-refractivity contribution in [2.45, 2.75) is 26.3 Å². The molecule has 0 unspecified atom stereocenters. The lowest BCUT2D eigenvalue weighted by Gasteiger charge is -2.14. The van der Waals surface area contributed by atoms with Crippen LogP contribution in [0.2, 0.25) is 5.02 Å². The van der Waals surface area contributed by atoms with E-state index in [0.29, 0.717) is 0 Å². The zero-order valence-electron chi connectivity index (χ0n) is 12.3. The highest BCUT2D eigenvalue weighted by Crippen LogP contribution is 2.38. The molecule has 2 aromatic carbocycles. The molecule has 1 N–H and O–H groups in total. The summed E-state index contributed by atoms with van der Waals surface area (Å²) in [7, 11) is 0. The summed E-state index contributed by atoms with van der Waals surface area (Å²) >= 11 is 6.18. The van der Waals surface area contributed by atoms with Gasteiger partial charge in [0.2, 0.25) is 0 Å². The van der Waals surface area contributed by atoms with Gasteiger partial charge in [-0.2, -0.15) is 0 Å². The number of ether oxygens (including phenoxy) is 1. The molecule has 0 saturated heterocycles. The Kier molecular flexibility index (Phi) is 4.47. The lowest BCUT2D eigenvalue weighted by Crippen LogP contribution is -2.14. The predicted molar refractivity (Wildman–Crippen MR) is 88.1 cm³/mol. The van der Waals surface area contributed by atoms with Gasteiger partial charge in [0, 0.05) is 23.6 Å². The number of nitrogens with one attached hydrogen (secondary N) is 1. The van der Waals surface area contributed by atoms with Crippen LogP contribution in [0, 0.1) is 0 Å². The molecule has 0 saturated carbocycles. The first kappa shape index (κ1) is 14.4. The molecule has 3 heteroatoms. The SMILES string of the molecule is CCCNCc1cc(Cl)ccc1-c1cccc2c1OCC2. The Hall–Kier alpha value is -1.51. The van der Waals surface area contributed by atoms with Gasteiger partial charge in [-0.1, -0.05) is 42.8 Å². The number of fused-ring (bicyclic) bond motifs is 1. The molecule has 21 heavy (non-hydrogen) atoms. The van der Waals surface area contributed by atoms with Gasteiger partial charge >= 0.3 is 0 Å². The summed E-state index contributed by atoms with van der Waals surface area (Å²) in [5.74, 6) is 1.04. The molecule has 0 fully saturated rings. The summed E-state index contributed by atoms with van der Waals surface area (Å²) in [6.07, 6.45) is 2.12. The fourth-order valence-corrected chi connectivity index (χ4v) is 2.99. The standard InChI is InChI=1S/C18H20ClNO/c1-2-9-20-12-14-11-15(19)6-7-16(14)17-5-3-4-13-8-10-21-18(13)17/h3-7,11,20H,2,8-10,12H2,1H3. The van der Waals surface area contributed by atoms with E-state index >= 15 is 0 Å². The molecule has 110 valence electrons. The van der Waals surface area contributed by atoms with E-state index in [0.717, 1.165) is 43.3 Å². The van der Waals surface area contributed by atoms with E-state index in [2.05, 4.69) is 36.5 Å². The van der Waals surface area contributed by atoms with Crippen molar-refractivity contribution in [2.75, 3.05) is 13.2 Å². The highest BCUT2D eigenvalue weighted by molar-refractivity contribution is 6.30. The Morgan fingerprint density at radius 2 is 2.10 bits per heavy atom. The van der Waals surface area contributed by atoms with Crippen molar-refractivity contribution in [1.29, 1.82) is 0 Å². The van der Waals surface area contributed by atoms with Crippen molar-refractivity contribution in [3.05, 3.63) is 52.5 Å². The third-order valence-electron chi connectivity index (χ3n) is 3.81. The summed E-state index contributed by atoms with van der Waals surface area (Å²) in [6, 6.07) is 12.5. The molecule has 2 aromatic rings. The van der Waals surface area contributed by atoms with Gasteiger partial charge in [0.05, 0.1) is 6.61 Å². The van der Waals surface area contributed by atoms with Gasteiger partial charge < -0.3 is 10.1 Å². The van der Waals surface area contributed by atoms with Crippen LogP contribution in [-0.2, 0) is 13.0 Å². The van der Waals surface area contributed by atoms with Gasteiger partial charge in [0.25, 0.3) is 0 Å². The van der Waals surface area contributed by atoms with Crippen LogP contribution in [0.1, 0.15) is 24.5 Å². The Bertz CT molecular complexity index is 639. The Labute approximate surface area is 131 Å². The molecule has 0 bridgehead atoms. The maximum atomic E-state index is 6.18. The average molecular weight is 302 g/mol. The highest BCUT2D eigenvalue weighted by atomic mass is 35.5. The summed E-state index contributed by atoms with van der Waals surface area (Å²) in [4.78, 5) is 0. The fraction of sp³-hybridized carbons (Fsp3) is 0.333. The molecule has 1 aliphatic heterocycles. The molecule has 3 rings (SSSR count). The van der Waals surface area contributed by atoms with Crippen LogP contribution in [0.25, 0.3) is 11.1 Å². The summed E-state index contributed by atoms with van der Waals surface area (Å²) in [5.41, 5.74) is 4.91. The van der Waals surface area contributed by atoms with E-state index in [-0.39, 0.29) is 0 Å². The van der Waals surface area contributed by atoms with Crippen LogP contribution in [0.15, 0.2) is 36.4 Å². The van der Waals surface area contributed by atoms with E-state index in [1.165, 1.54) is 22.3 Å². The van der Waals surface area contributed by atoms with Crippen LogP contribution in [0.3, 0.4) is 0 Å². The van der Waals surface area contributed by atoms with Crippen molar-refractivity contribution >= 4 is 11.6 Å². The van der Waals surface area contributed by atoms with Crippen molar-refractivity contribution in [3.8, 4) is 16.9 Å². The number of para-hydroxylation sites is 1. The number of benzene rings is 2. The van der Waals surface area contributed by atoms with Gasteiger partial charge in [-0.25, -0.2) is 0 Å². The van der Waals surface area contributed by atoms with Crippen molar-refractivity contribution in [1.82, 2.24) is 5.32 Å². The number of halogens is 1. The van der Waals surface area contributed by atoms with Crippen LogP contribution in [0.5, 0.6) is 5.75 Å². The molecule has 1 aliphatic rings. The lowest BCUT2D eigenvalue weighted by atomic mass is 9.96. The maximum absolute atomic E-state index is 6.18. The van der Waals surface area contributed by atoms with Crippen molar-refractivity contribution in [2.24, 2.45) is 0 Å². The molecule has 0 radical (unpaired) electrons. The molecule has 2 nitrogen and oxygen atoms in total. The van der Waals surface area contributed by atoms with Crippen LogP contribution in [0.4, 0.5) is 0 Å². The summed E-state index contributed by atoms with van der Waals surface area (Å²) in [5, 5.41) is 4.24. The van der Waals surface area contributed by atoms with Gasteiger partial charge in [0.1, 0.15) is 5.75 Å². The smallest absolute Gasteiger partial charge is 0.130 e. The minimum Gasteiger partial charge on any atom is -0.492 e. The average Bonchev–Trinajstić information content (AvgIpc) is 2.96. The predicted octanol–water partition coefficient (Wildman–Crippen LogP) is 4.44. The molecular formula is C18H20ClNO. The lowest BCUT2D eigenvalue weighted by molar-refractivity contribution is 0.358. The zero-order valence-corrected chi connectivity index (χ0v) is 13.0. The zero-order chi connectivity index (χ0) is 14.7. The highest BCUT2D eigenvalue weighted by Gasteiger charge is 2.18. The van der Waals surface area contributed by atoms with Crippen molar-refractivity contribution < 1.29 is 4.74 Å². The summed E-state index contributed by atoms with van der Waals surface area (Å²) < 4.78 is 5.84. The minimum atomic E-state index is 0.778. The van der Waals surface area contributed by atoms with E-state index in [4.69, 9.17) is 16.3 Å². The Balaban J connectivity index is 2.00. The van der Waals surface area contributed by atoms with E-state index in [9.17, 15) is 0 Å². The molecule has 0 amide bonds. The van der Waals surface area contributed by atoms with Crippen LogP contribution >= 0.6 is 11.6 Å². The Morgan fingerprint density at radius 3 is 2.95 bits per heavy atom. The third kappa shape index (κ3) is 3.07. The Morgan fingerprint density at radius 1 is 1.19 bits per heavy atom. The van der Waals surface area contributed by atoms with Crippen LogP contribution in [-0.4, -0.2) is 13.2 Å². The largest absolute Gasteiger partial charge is 0.492 e. The molecule has 1 heterocycles. The van der Waals surface area contributed by atoms with Gasteiger partial charge in [-0.3, -0.25) is 0 Å². The van der Waals surface area contributed by atoms with Crippen molar-refractivity contribution in [3.63, 3.8) is 0 Å². The molecular weight excluding hydrogens is 282 g/mol. The molecule has 0 spiro atoms. The maximum Gasteiger partial charge on any atom is 0.130 e. The quantitative estimate of drug-likeness (QED) is 0.824.